The number of aromatic nitrogens is 1. The van der Waals surface area contributed by atoms with Gasteiger partial charge in [0.05, 0.1) is 21.2 Å². The molecular weight excluding hydrogens is 402 g/mol. The number of pyridine rings is 1. The first kappa shape index (κ1) is 19.8. The van der Waals surface area contributed by atoms with Gasteiger partial charge in [0.15, 0.2) is 0 Å². The molecule has 0 bridgehead atoms. The van der Waals surface area contributed by atoms with Crippen LogP contribution >= 0.6 is 0 Å². The van der Waals surface area contributed by atoms with Crippen molar-refractivity contribution in [2.45, 2.75) is 16.4 Å². The Bertz CT molecular complexity index is 1160. The van der Waals surface area contributed by atoms with Gasteiger partial charge in [0.1, 0.15) is 12.4 Å². The summed E-state index contributed by atoms with van der Waals surface area (Å²) in [6.07, 6.45) is 1.66. The van der Waals surface area contributed by atoms with Crippen LogP contribution in [0.2, 0.25) is 0 Å². The molecule has 0 saturated carbocycles. The molecule has 0 amide bonds. The molecular formula is C18H17N3O5S2. The van der Waals surface area contributed by atoms with Crippen molar-refractivity contribution >= 4 is 25.7 Å². The van der Waals surface area contributed by atoms with Crippen molar-refractivity contribution in [3.8, 4) is 5.75 Å². The van der Waals surface area contributed by atoms with Crippen LogP contribution in [0.25, 0.3) is 0 Å². The molecule has 0 atom stereocenters. The second-order valence-electron chi connectivity index (χ2n) is 5.76. The second kappa shape index (κ2) is 7.97. The van der Waals surface area contributed by atoms with Gasteiger partial charge >= 0.3 is 0 Å². The minimum atomic E-state index is -3.91. The lowest BCUT2D eigenvalue weighted by Gasteiger charge is -2.11. The van der Waals surface area contributed by atoms with Crippen molar-refractivity contribution in [1.82, 2.24) is 4.98 Å². The fraction of sp³-hybridized carbons (Fsp3) is 0.0556. The summed E-state index contributed by atoms with van der Waals surface area (Å²) < 4.78 is 55.6. The third-order valence-electron chi connectivity index (χ3n) is 3.66. The molecule has 1 heterocycles. The highest BCUT2D eigenvalue weighted by Crippen LogP contribution is 2.22. The topological polar surface area (TPSA) is 128 Å². The number of sulfonamides is 2. The van der Waals surface area contributed by atoms with E-state index < -0.39 is 20.0 Å². The predicted molar refractivity (Wildman–Crippen MR) is 104 cm³/mol. The SMILES string of the molecule is NS(=O)(=O)c1ccc(S(=O)(=O)Nc2cccc(OCc3ccccn3)c2)cc1. The number of hydrogen-bond donors (Lipinski definition) is 2. The van der Waals surface area contributed by atoms with Gasteiger partial charge in [-0.15, -0.1) is 0 Å². The first-order valence-corrected chi connectivity index (χ1v) is 11.1. The summed E-state index contributed by atoms with van der Waals surface area (Å²) in [5.41, 5.74) is 1.04. The van der Waals surface area contributed by atoms with Gasteiger partial charge in [0.25, 0.3) is 10.0 Å². The van der Waals surface area contributed by atoms with E-state index in [1.54, 1.807) is 36.5 Å². The second-order valence-corrected chi connectivity index (χ2v) is 9.00. The normalized spacial score (nSPS) is 11.8. The maximum atomic E-state index is 12.5. The molecule has 0 aliphatic heterocycles. The van der Waals surface area contributed by atoms with Crippen LogP contribution in [0.1, 0.15) is 5.69 Å². The highest BCUT2D eigenvalue weighted by atomic mass is 32.2. The molecule has 146 valence electrons. The summed E-state index contributed by atoms with van der Waals surface area (Å²) in [5, 5.41) is 5.02. The molecule has 0 saturated heterocycles. The first-order chi connectivity index (χ1) is 13.2. The summed E-state index contributed by atoms with van der Waals surface area (Å²) in [4.78, 5) is 3.88. The zero-order valence-corrected chi connectivity index (χ0v) is 16.2. The fourth-order valence-corrected chi connectivity index (χ4v) is 3.88. The molecule has 2 aromatic carbocycles. The standard InChI is InChI=1S/C18H17N3O5S2/c19-27(22,23)17-7-9-18(10-8-17)28(24,25)21-14-5-3-6-16(12-14)26-13-15-4-1-2-11-20-15/h1-12,21H,13H2,(H2,19,22,23). The molecule has 8 nitrogen and oxygen atoms in total. The maximum absolute atomic E-state index is 12.5. The van der Waals surface area contributed by atoms with E-state index in [1.165, 1.54) is 12.1 Å². The van der Waals surface area contributed by atoms with Gasteiger partial charge < -0.3 is 4.74 Å². The molecule has 1 aromatic heterocycles. The number of primary sulfonamides is 1. The molecule has 0 spiro atoms. The molecule has 3 rings (SSSR count). The Morgan fingerprint density at radius 3 is 2.25 bits per heavy atom. The minimum Gasteiger partial charge on any atom is -0.487 e. The Morgan fingerprint density at radius 1 is 0.893 bits per heavy atom. The lowest BCUT2D eigenvalue weighted by atomic mass is 10.3. The van der Waals surface area contributed by atoms with E-state index in [2.05, 4.69) is 9.71 Å². The van der Waals surface area contributed by atoms with Crippen LogP contribution in [-0.2, 0) is 26.7 Å². The number of ether oxygens (including phenoxy) is 1. The van der Waals surface area contributed by atoms with E-state index in [0.717, 1.165) is 17.8 Å². The molecule has 0 aliphatic carbocycles. The zero-order chi connectivity index (χ0) is 20.2. The molecule has 28 heavy (non-hydrogen) atoms. The van der Waals surface area contributed by atoms with Crippen LogP contribution in [0, 0.1) is 0 Å². The molecule has 0 radical (unpaired) electrons. The van der Waals surface area contributed by atoms with E-state index in [1.807, 2.05) is 12.1 Å². The van der Waals surface area contributed by atoms with Crippen molar-refractivity contribution in [1.29, 1.82) is 0 Å². The van der Waals surface area contributed by atoms with Gasteiger partial charge in [-0.1, -0.05) is 12.1 Å². The quantitative estimate of drug-likeness (QED) is 0.603. The number of benzene rings is 2. The molecule has 3 N–H and O–H groups in total. The lowest BCUT2D eigenvalue weighted by Crippen LogP contribution is -2.15. The Kier molecular flexibility index (Phi) is 5.63. The zero-order valence-electron chi connectivity index (χ0n) is 14.5. The highest BCUT2D eigenvalue weighted by Gasteiger charge is 2.16. The monoisotopic (exact) mass is 419 g/mol. The van der Waals surface area contributed by atoms with Crippen LogP contribution in [0.3, 0.4) is 0 Å². The van der Waals surface area contributed by atoms with Crippen molar-refractivity contribution in [3.63, 3.8) is 0 Å². The van der Waals surface area contributed by atoms with Crippen molar-refractivity contribution < 1.29 is 21.6 Å². The Hall–Kier alpha value is -2.95. The largest absolute Gasteiger partial charge is 0.487 e. The lowest BCUT2D eigenvalue weighted by molar-refractivity contribution is 0.301. The van der Waals surface area contributed by atoms with Gasteiger partial charge in [0, 0.05) is 12.3 Å². The predicted octanol–water partition coefficient (Wildman–Crippen LogP) is 2.11. The first-order valence-electron chi connectivity index (χ1n) is 8.02. The van der Waals surface area contributed by atoms with Crippen molar-refractivity contribution in [2.75, 3.05) is 4.72 Å². The van der Waals surface area contributed by atoms with E-state index in [-0.39, 0.29) is 16.4 Å². The van der Waals surface area contributed by atoms with Crippen LogP contribution in [0.5, 0.6) is 5.75 Å². The smallest absolute Gasteiger partial charge is 0.261 e. The average Bonchev–Trinajstić information content (AvgIpc) is 2.67. The molecule has 0 fully saturated rings. The third-order valence-corrected chi connectivity index (χ3v) is 5.99. The average molecular weight is 419 g/mol. The van der Waals surface area contributed by atoms with Crippen LogP contribution < -0.4 is 14.6 Å². The summed E-state index contributed by atoms with van der Waals surface area (Å²) in [6.45, 7) is 0.242. The third kappa shape index (κ3) is 5.06. The molecule has 3 aromatic rings. The van der Waals surface area contributed by atoms with Crippen molar-refractivity contribution in [2.24, 2.45) is 5.14 Å². The summed E-state index contributed by atoms with van der Waals surface area (Å²) >= 11 is 0. The maximum Gasteiger partial charge on any atom is 0.261 e. The Balaban J connectivity index is 1.73. The number of hydrogen-bond acceptors (Lipinski definition) is 6. The molecule has 10 heteroatoms. The van der Waals surface area contributed by atoms with Crippen molar-refractivity contribution in [3.05, 3.63) is 78.6 Å². The number of nitrogens with one attached hydrogen (secondary N) is 1. The van der Waals surface area contributed by atoms with Gasteiger partial charge in [-0.2, -0.15) is 0 Å². The Morgan fingerprint density at radius 2 is 1.61 bits per heavy atom. The summed E-state index contributed by atoms with van der Waals surface area (Å²) in [6, 6.07) is 16.5. The van der Waals surface area contributed by atoms with E-state index in [9.17, 15) is 16.8 Å². The number of rotatable bonds is 7. The van der Waals surface area contributed by atoms with E-state index in [0.29, 0.717) is 11.4 Å². The summed E-state index contributed by atoms with van der Waals surface area (Å²) in [5.74, 6) is 0.468. The van der Waals surface area contributed by atoms with E-state index >= 15 is 0 Å². The number of nitrogens with two attached hydrogens (primary N) is 1. The van der Waals surface area contributed by atoms with Crippen LogP contribution in [0.15, 0.2) is 82.7 Å². The molecule has 0 aliphatic rings. The minimum absolute atomic E-state index is 0.0975. The van der Waals surface area contributed by atoms with Crippen LogP contribution in [-0.4, -0.2) is 21.8 Å². The fourth-order valence-electron chi connectivity index (χ4n) is 2.31. The van der Waals surface area contributed by atoms with Crippen LogP contribution in [0.4, 0.5) is 5.69 Å². The van der Waals surface area contributed by atoms with Gasteiger partial charge in [0.2, 0.25) is 10.0 Å². The molecule has 0 unspecified atom stereocenters. The highest BCUT2D eigenvalue weighted by molar-refractivity contribution is 7.92. The van der Waals surface area contributed by atoms with Gasteiger partial charge in [-0.25, -0.2) is 22.0 Å². The van der Waals surface area contributed by atoms with Gasteiger partial charge in [-0.05, 0) is 48.5 Å². The van der Waals surface area contributed by atoms with E-state index in [4.69, 9.17) is 9.88 Å². The number of anilines is 1. The van der Waals surface area contributed by atoms with Gasteiger partial charge in [-0.3, -0.25) is 9.71 Å². The Labute approximate surface area is 163 Å². The number of nitrogens with zero attached hydrogens (tertiary/aromatic N) is 1. The summed E-state index contributed by atoms with van der Waals surface area (Å²) in [7, 11) is -7.81.